The molecule has 2 unspecified atom stereocenters. The fourth-order valence-corrected chi connectivity index (χ4v) is 2.26. The number of carboxylic acids is 1. The van der Waals surface area contributed by atoms with Crippen LogP contribution in [0.4, 0.5) is 0 Å². The van der Waals surface area contributed by atoms with Crippen molar-refractivity contribution >= 4 is 5.97 Å². The number of hydrogen-bond acceptors (Lipinski definition) is 2. The average molecular weight is 197 g/mol. The zero-order valence-electron chi connectivity index (χ0n) is 8.99. The van der Waals surface area contributed by atoms with Crippen LogP contribution >= 0.6 is 0 Å². The number of carbonyl (C=O) groups is 1. The minimum Gasteiger partial charge on any atom is -0.478 e. The van der Waals surface area contributed by atoms with Crippen LogP contribution in [-0.4, -0.2) is 35.6 Å². The molecule has 1 N–H and O–H groups in total. The van der Waals surface area contributed by atoms with Crippen LogP contribution in [0, 0.1) is 11.8 Å². The summed E-state index contributed by atoms with van der Waals surface area (Å²) in [6.45, 7) is 10.5. The van der Waals surface area contributed by atoms with Crippen molar-refractivity contribution in [3.63, 3.8) is 0 Å². The summed E-state index contributed by atoms with van der Waals surface area (Å²) in [6, 6.07) is 0. The van der Waals surface area contributed by atoms with Crippen molar-refractivity contribution in [2.45, 2.75) is 20.3 Å². The number of likely N-dealkylation sites (tertiary alicyclic amines) is 1. The van der Waals surface area contributed by atoms with Crippen molar-refractivity contribution in [3.8, 4) is 0 Å². The zero-order chi connectivity index (χ0) is 10.7. The second kappa shape index (κ2) is 4.60. The average Bonchev–Trinajstić information content (AvgIpc) is 2.01. The van der Waals surface area contributed by atoms with Crippen LogP contribution in [0.1, 0.15) is 20.3 Å². The van der Waals surface area contributed by atoms with Crippen molar-refractivity contribution in [3.05, 3.63) is 12.2 Å². The highest BCUT2D eigenvalue weighted by Gasteiger charge is 2.22. The van der Waals surface area contributed by atoms with E-state index >= 15 is 0 Å². The lowest BCUT2D eigenvalue weighted by molar-refractivity contribution is -0.133. The zero-order valence-corrected chi connectivity index (χ0v) is 8.99. The van der Waals surface area contributed by atoms with Gasteiger partial charge in [-0.05, 0) is 18.3 Å². The van der Waals surface area contributed by atoms with Gasteiger partial charge in [-0.15, -0.1) is 0 Å². The Morgan fingerprint density at radius 2 is 1.93 bits per heavy atom. The maximum atomic E-state index is 10.6. The maximum absolute atomic E-state index is 10.6. The van der Waals surface area contributed by atoms with E-state index in [0.29, 0.717) is 24.0 Å². The predicted octanol–water partition coefficient (Wildman–Crippen LogP) is 1.61. The third-order valence-corrected chi connectivity index (χ3v) is 2.66. The van der Waals surface area contributed by atoms with Gasteiger partial charge in [0, 0.05) is 25.2 Å². The quantitative estimate of drug-likeness (QED) is 0.699. The van der Waals surface area contributed by atoms with Crippen molar-refractivity contribution in [1.82, 2.24) is 4.90 Å². The summed E-state index contributed by atoms with van der Waals surface area (Å²) >= 11 is 0. The minimum atomic E-state index is -0.879. The van der Waals surface area contributed by atoms with Crippen LogP contribution in [0.3, 0.4) is 0 Å². The molecule has 0 spiro atoms. The Morgan fingerprint density at radius 3 is 2.36 bits per heavy atom. The van der Waals surface area contributed by atoms with Gasteiger partial charge in [-0.2, -0.15) is 0 Å². The number of nitrogens with zero attached hydrogens (tertiary/aromatic N) is 1. The molecule has 14 heavy (non-hydrogen) atoms. The summed E-state index contributed by atoms with van der Waals surface area (Å²) in [5.74, 6) is 0.455. The highest BCUT2D eigenvalue weighted by atomic mass is 16.4. The van der Waals surface area contributed by atoms with E-state index in [2.05, 4.69) is 25.3 Å². The third-order valence-electron chi connectivity index (χ3n) is 2.66. The van der Waals surface area contributed by atoms with Gasteiger partial charge < -0.3 is 5.11 Å². The monoisotopic (exact) mass is 197 g/mol. The summed E-state index contributed by atoms with van der Waals surface area (Å²) in [5.41, 5.74) is 0.298. The summed E-state index contributed by atoms with van der Waals surface area (Å²) < 4.78 is 0. The van der Waals surface area contributed by atoms with E-state index in [1.807, 2.05) is 0 Å². The molecule has 0 amide bonds. The van der Waals surface area contributed by atoms with Crippen LogP contribution in [-0.2, 0) is 4.79 Å². The van der Waals surface area contributed by atoms with E-state index in [1.165, 1.54) is 6.42 Å². The van der Waals surface area contributed by atoms with E-state index in [0.717, 1.165) is 13.1 Å². The molecule has 0 bridgehead atoms. The van der Waals surface area contributed by atoms with Crippen molar-refractivity contribution in [2.75, 3.05) is 19.6 Å². The van der Waals surface area contributed by atoms with E-state index in [4.69, 9.17) is 5.11 Å². The number of carboxylic acid groups (broad SMARTS) is 1. The van der Waals surface area contributed by atoms with Gasteiger partial charge in [0.15, 0.2) is 0 Å². The van der Waals surface area contributed by atoms with Gasteiger partial charge in [-0.1, -0.05) is 20.4 Å². The second-order valence-corrected chi connectivity index (χ2v) is 4.55. The molecule has 3 nitrogen and oxygen atoms in total. The third kappa shape index (κ3) is 3.14. The molecule has 1 fully saturated rings. The molecule has 0 aromatic heterocycles. The fourth-order valence-electron chi connectivity index (χ4n) is 2.26. The van der Waals surface area contributed by atoms with Crippen LogP contribution in [0.2, 0.25) is 0 Å². The molecule has 1 saturated heterocycles. The molecule has 0 aromatic rings. The lowest BCUT2D eigenvalue weighted by Crippen LogP contribution is -2.40. The smallest absolute Gasteiger partial charge is 0.332 e. The van der Waals surface area contributed by atoms with Crippen LogP contribution in [0.25, 0.3) is 0 Å². The van der Waals surface area contributed by atoms with Crippen molar-refractivity contribution in [1.29, 1.82) is 0 Å². The number of aliphatic carboxylic acids is 1. The molecule has 0 aliphatic carbocycles. The summed E-state index contributed by atoms with van der Waals surface area (Å²) in [6.07, 6.45) is 1.25. The molecule has 1 aliphatic heterocycles. The molecule has 80 valence electrons. The largest absolute Gasteiger partial charge is 0.478 e. The number of hydrogen-bond donors (Lipinski definition) is 1. The minimum absolute atomic E-state index is 0.298. The first-order valence-corrected chi connectivity index (χ1v) is 5.12. The first-order valence-electron chi connectivity index (χ1n) is 5.12. The summed E-state index contributed by atoms with van der Waals surface area (Å²) in [5, 5.41) is 8.72. The molecule has 0 saturated carbocycles. The van der Waals surface area contributed by atoms with Gasteiger partial charge in [-0.3, -0.25) is 4.90 Å². The van der Waals surface area contributed by atoms with Crippen LogP contribution < -0.4 is 0 Å². The Balaban J connectivity index is 2.44. The SMILES string of the molecule is C=C(CN1CC(C)CC(C)C1)C(=O)O. The summed E-state index contributed by atoms with van der Waals surface area (Å²) in [4.78, 5) is 12.8. The second-order valence-electron chi connectivity index (χ2n) is 4.55. The number of rotatable bonds is 3. The molecule has 2 atom stereocenters. The molecule has 0 radical (unpaired) electrons. The highest BCUT2D eigenvalue weighted by Crippen LogP contribution is 2.21. The Labute approximate surface area is 85.4 Å². The van der Waals surface area contributed by atoms with E-state index in [1.54, 1.807) is 0 Å². The molecule has 3 heteroatoms. The lowest BCUT2D eigenvalue weighted by atomic mass is 9.92. The molecule has 1 heterocycles. The molecule has 1 aliphatic rings. The van der Waals surface area contributed by atoms with Gasteiger partial charge in [0.1, 0.15) is 0 Å². The standard InChI is InChI=1S/C11H19NO2/c1-8-4-9(2)6-12(5-8)7-10(3)11(13)14/h8-9H,3-7H2,1-2H3,(H,13,14). The Bertz CT molecular complexity index is 227. The normalized spacial score (nSPS) is 28.7. The van der Waals surface area contributed by atoms with Gasteiger partial charge in [0.05, 0.1) is 0 Å². The van der Waals surface area contributed by atoms with Crippen LogP contribution in [0.5, 0.6) is 0 Å². The van der Waals surface area contributed by atoms with Gasteiger partial charge in [0.2, 0.25) is 0 Å². The Hall–Kier alpha value is -0.830. The fraction of sp³-hybridized carbons (Fsp3) is 0.727. The Kier molecular flexibility index (Phi) is 3.69. The molecular formula is C11H19NO2. The van der Waals surface area contributed by atoms with E-state index < -0.39 is 5.97 Å². The highest BCUT2D eigenvalue weighted by molar-refractivity contribution is 5.86. The first kappa shape index (κ1) is 11.2. The first-order chi connectivity index (χ1) is 6.49. The topological polar surface area (TPSA) is 40.5 Å². The van der Waals surface area contributed by atoms with E-state index in [-0.39, 0.29) is 0 Å². The molecule has 1 rings (SSSR count). The predicted molar refractivity (Wildman–Crippen MR) is 56.2 cm³/mol. The van der Waals surface area contributed by atoms with Crippen molar-refractivity contribution < 1.29 is 9.90 Å². The van der Waals surface area contributed by atoms with Gasteiger partial charge in [0.25, 0.3) is 0 Å². The van der Waals surface area contributed by atoms with Gasteiger partial charge >= 0.3 is 5.97 Å². The number of piperidine rings is 1. The van der Waals surface area contributed by atoms with Gasteiger partial charge in [-0.25, -0.2) is 4.79 Å². The molecule has 0 aromatic carbocycles. The summed E-state index contributed by atoms with van der Waals surface area (Å²) in [7, 11) is 0. The van der Waals surface area contributed by atoms with Crippen LogP contribution in [0.15, 0.2) is 12.2 Å². The van der Waals surface area contributed by atoms with Crippen molar-refractivity contribution in [2.24, 2.45) is 11.8 Å². The maximum Gasteiger partial charge on any atom is 0.332 e. The lowest BCUT2D eigenvalue weighted by Gasteiger charge is -2.34. The van der Waals surface area contributed by atoms with E-state index in [9.17, 15) is 4.79 Å². The molecular weight excluding hydrogens is 178 g/mol. The Morgan fingerprint density at radius 1 is 1.43 bits per heavy atom.